The average Bonchev–Trinajstić information content (AvgIpc) is 2.43. The Morgan fingerprint density at radius 2 is 2.05 bits per heavy atom. The largest absolute Gasteiger partial charge is 0.399 e. The number of hydrogen-bond donors (Lipinski definition) is 3. The van der Waals surface area contributed by atoms with Crippen molar-refractivity contribution < 1.29 is 22.7 Å². The van der Waals surface area contributed by atoms with Gasteiger partial charge in [-0.25, -0.2) is 17.5 Å². The number of sulfonamides is 1. The van der Waals surface area contributed by atoms with Gasteiger partial charge in [0.15, 0.2) is 0 Å². The predicted molar refractivity (Wildman–Crippen MR) is 75.7 cm³/mol. The first-order valence-corrected chi connectivity index (χ1v) is 8.06. The molecule has 1 heterocycles. The number of hydrogen-bond acceptors (Lipinski definition) is 5. The second-order valence-corrected chi connectivity index (χ2v) is 6.96. The summed E-state index contributed by atoms with van der Waals surface area (Å²) in [7, 11) is -4.13. The van der Waals surface area contributed by atoms with E-state index in [1.165, 1.54) is 13.0 Å². The van der Waals surface area contributed by atoms with Crippen LogP contribution in [0.3, 0.4) is 0 Å². The lowest BCUT2D eigenvalue weighted by Gasteiger charge is -2.35. The number of nitrogens with two attached hydrogens (primary N) is 1. The van der Waals surface area contributed by atoms with Gasteiger partial charge in [-0.2, -0.15) is 0 Å². The highest BCUT2D eigenvalue weighted by Crippen LogP contribution is 2.26. The Balaban J connectivity index is 2.38. The van der Waals surface area contributed by atoms with Crippen molar-refractivity contribution in [3.8, 4) is 0 Å². The van der Waals surface area contributed by atoms with Crippen LogP contribution >= 0.6 is 0 Å². The molecule has 2 rings (SSSR count). The Morgan fingerprint density at radius 1 is 1.43 bits per heavy atom. The number of anilines is 1. The third-order valence-electron chi connectivity index (χ3n) is 3.64. The van der Waals surface area contributed by atoms with E-state index < -0.39 is 26.3 Å². The van der Waals surface area contributed by atoms with E-state index >= 15 is 0 Å². The van der Waals surface area contributed by atoms with Crippen LogP contribution in [0.15, 0.2) is 17.0 Å². The van der Waals surface area contributed by atoms with E-state index in [4.69, 9.17) is 10.5 Å². The minimum Gasteiger partial charge on any atom is -0.399 e. The van der Waals surface area contributed by atoms with Crippen LogP contribution in [-0.4, -0.2) is 38.9 Å². The number of nitrogens with one attached hydrogen (secondary N) is 1. The van der Waals surface area contributed by atoms with Crippen LogP contribution in [0, 0.1) is 12.7 Å². The maximum Gasteiger partial charge on any atom is 0.244 e. The molecule has 0 radical (unpaired) electrons. The zero-order chi connectivity index (χ0) is 15.7. The number of aryl methyl sites for hydroxylation is 1. The third kappa shape index (κ3) is 3.34. The summed E-state index contributed by atoms with van der Waals surface area (Å²) in [6, 6.07) is 2.44. The standard InChI is InChI=1S/C13H19FN2O4S/c1-9-6-10(15)7-11(12(9)14)21(18,19)16-13(8-17)2-4-20-5-3-13/h6-7,16-17H,2-5,8,15H2,1H3. The molecule has 1 fully saturated rings. The molecule has 0 atom stereocenters. The van der Waals surface area contributed by atoms with Gasteiger partial charge in [-0.15, -0.1) is 0 Å². The summed E-state index contributed by atoms with van der Waals surface area (Å²) >= 11 is 0. The highest BCUT2D eigenvalue weighted by molar-refractivity contribution is 7.89. The van der Waals surface area contributed by atoms with Crippen molar-refractivity contribution in [2.45, 2.75) is 30.2 Å². The lowest BCUT2D eigenvalue weighted by atomic mass is 9.93. The molecule has 118 valence electrons. The Morgan fingerprint density at radius 3 is 2.62 bits per heavy atom. The van der Waals surface area contributed by atoms with Crippen molar-refractivity contribution in [2.75, 3.05) is 25.6 Å². The summed E-state index contributed by atoms with van der Waals surface area (Å²) in [5.74, 6) is -0.836. The van der Waals surface area contributed by atoms with E-state index in [9.17, 15) is 17.9 Å². The van der Waals surface area contributed by atoms with Gasteiger partial charge in [-0.3, -0.25) is 0 Å². The van der Waals surface area contributed by atoms with Crippen molar-refractivity contribution in [3.05, 3.63) is 23.5 Å². The number of rotatable bonds is 4. The molecule has 4 N–H and O–H groups in total. The number of halogens is 1. The minimum atomic E-state index is -4.13. The summed E-state index contributed by atoms with van der Waals surface area (Å²) in [4.78, 5) is -0.501. The molecule has 0 spiro atoms. The van der Waals surface area contributed by atoms with Crippen LogP contribution in [0.1, 0.15) is 18.4 Å². The molecule has 0 aromatic heterocycles. The van der Waals surface area contributed by atoms with E-state index in [0.29, 0.717) is 26.1 Å². The van der Waals surface area contributed by atoms with Crippen LogP contribution in [0.4, 0.5) is 10.1 Å². The quantitative estimate of drug-likeness (QED) is 0.703. The van der Waals surface area contributed by atoms with Gasteiger partial charge in [0, 0.05) is 18.9 Å². The van der Waals surface area contributed by atoms with Gasteiger partial charge in [0.05, 0.1) is 12.1 Å². The first-order chi connectivity index (χ1) is 9.80. The summed E-state index contributed by atoms with van der Waals surface area (Å²) in [6.45, 7) is 1.74. The molecule has 1 saturated heterocycles. The summed E-state index contributed by atoms with van der Waals surface area (Å²) in [5, 5.41) is 9.53. The SMILES string of the molecule is Cc1cc(N)cc(S(=O)(=O)NC2(CO)CCOCC2)c1F. The Hall–Kier alpha value is -1.22. The minimum absolute atomic E-state index is 0.153. The molecule has 8 heteroatoms. The first-order valence-electron chi connectivity index (χ1n) is 6.58. The molecule has 0 amide bonds. The molecule has 0 unspecified atom stereocenters. The van der Waals surface area contributed by atoms with Gasteiger partial charge in [0.2, 0.25) is 10.0 Å². The van der Waals surface area contributed by atoms with Crippen molar-refractivity contribution in [1.29, 1.82) is 0 Å². The number of aliphatic hydroxyl groups excluding tert-OH is 1. The second kappa shape index (κ2) is 5.88. The van der Waals surface area contributed by atoms with E-state index in [2.05, 4.69) is 4.72 Å². The lowest BCUT2D eigenvalue weighted by molar-refractivity contribution is 0.0222. The number of aliphatic hydroxyl groups is 1. The normalized spacial score (nSPS) is 18.6. The monoisotopic (exact) mass is 318 g/mol. The topological polar surface area (TPSA) is 102 Å². The van der Waals surface area contributed by atoms with Crippen LogP contribution in [0.5, 0.6) is 0 Å². The molecule has 21 heavy (non-hydrogen) atoms. The summed E-state index contributed by atoms with van der Waals surface area (Å²) < 4.78 is 46.5. The second-order valence-electron chi connectivity index (χ2n) is 5.31. The van der Waals surface area contributed by atoms with Crippen LogP contribution in [-0.2, 0) is 14.8 Å². The van der Waals surface area contributed by atoms with Crippen LogP contribution < -0.4 is 10.5 Å². The fraction of sp³-hybridized carbons (Fsp3) is 0.538. The van der Waals surface area contributed by atoms with Gasteiger partial charge >= 0.3 is 0 Å². The fourth-order valence-electron chi connectivity index (χ4n) is 2.35. The summed E-state index contributed by atoms with van der Waals surface area (Å²) in [6.07, 6.45) is 0.650. The zero-order valence-electron chi connectivity index (χ0n) is 11.7. The molecular formula is C13H19FN2O4S. The van der Waals surface area contributed by atoms with Crippen LogP contribution in [0.2, 0.25) is 0 Å². The van der Waals surface area contributed by atoms with E-state index in [1.54, 1.807) is 0 Å². The molecule has 0 aliphatic carbocycles. The van der Waals surface area contributed by atoms with E-state index in [1.807, 2.05) is 0 Å². The van der Waals surface area contributed by atoms with Crippen molar-refractivity contribution in [1.82, 2.24) is 4.72 Å². The van der Waals surface area contributed by atoms with Gasteiger partial charge in [-0.05, 0) is 37.5 Å². The van der Waals surface area contributed by atoms with Crippen LogP contribution in [0.25, 0.3) is 0 Å². The van der Waals surface area contributed by atoms with Gasteiger partial charge in [0.25, 0.3) is 0 Å². The van der Waals surface area contributed by atoms with Gasteiger partial charge in [0.1, 0.15) is 10.7 Å². The molecule has 1 aromatic carbocycles. The van der Waals surface area contributed by atoms with E-state index in [0.717, 1.165) is 6.07 Å². The van der Waals surface area contributed by atoms with Crippen molar-refractivity contribution in [2.24, 2.45) is 0 Å². The molecule has 1 aliphatic heterocycles. The highest BCUT2D eigenvalue weighted by atomic mass is 32.2. The Bertz CT molecular complexity index is 627. The van der Waals surface area contributed by atoms with Gasteiger partial charge in [-0.1, -0.05) is 0 Å². The molecule has 6 nitrogen and oxygen atoms in total. The zero-order valence-corrected chi connectivity index (χ0v) is 12.5. The van der Waals surface area contributed by atoms with Gasteiger partial charge < -0.3 is 15.6 Å². The first kappa shape index (κ1) is 16.2. The number of benzene rings is 1. The Kier molecular flexibility index (Phi) is 4.52. The molecule has 1 aliphatic rings. The fourth-order valence-corrected chi connectivity index (χ4v) is 3.99. The average molecular weight is 318 g/mol. The highest BCUT2D eigenvalue weighted by Gasteiger charge is 2.37. The third-order valence-corrected chi connectivity index (χ3v) is 5.21. The molecule has 0 saturated carbocycles. The molecular weight excluding hydrogens is 299 g/mol. The lowest BCUT2D eigenvalue weighted by Crippen LogP contribution is -2.54. The number of nitrogen functional groups attached to an aromatic ring is 1. The summed E-state index contributed by atoms with van der Waals surface area (Å²) in [5.41, 5.74) is 4.89. The van der Waals surface area contributed by atoms with E-state index in [-0.39, 0.29) is 17.9 Å². The maximum atomic E-state index is 14.1. The predicted octanol–water partition coefficient (Wildman–Crippen LogP) is 0.536. The van der Waals surface area contributed by atoms with Crippen molar-refractivity contribution >= 4 is 15.7 Å². The Labute approximate surface area is 123 Å². The van der Waals surface area contributed by atoms with Crippen molar-refractivity contribution in [3.63, 3.8) is 0 Å². The smallest absolute Gasteiger partial charge is 0.244 e. The maximum absolute atomic E-state index is 14.1. The number of ether oxygens (including phenoxy) is 1. The molecule has 1 aromatic rings. The molecule has 0 bridgehead atoms.